The van der Waals surface area contributed by atoms with E-state index in [1.54, 1.807) is 0 Å². The normalized spacial score (nSPS) is 17.9. The first-order valence-electron chi connectivity index (χ1n) is 13.4. The molecule has 5 heterocycles. The lowest BCUT2D eigenvalue weighted by Gasteiger charge is -2.28. The van der Waals surface area contributed by atoms with Crippen molar-refractivity contribution in [1.29, 1.82) is 0 Å². The monoisotopic (exact) mass is 515 g/mol. The number of hydrogen-bond acceptors (Lipinski definition) is 9. The minimum Gasteiger partial charge on any atom is -0.379 e. The van der Waals surface area contributed by atoms with Gasteiger partial charge in [-0.25, -0.2) is 4.98 Å². The molecule has 3 aromatic rings. The third kappa shape index (κ3) is 5.33. The van der Waals surface area contributed by atoms with Crippen molar-refractivity contribution in [1.82, 2.24) is 25.2 Å². The zero-order valence-electron chi connectivity index (χ0n) is 21.5. The topological polar surface area (TPSA) is 96.0 Å². The van der Waals surface area contributed by atoms with E-state index >= 15 is 0 Å². The van der Waals surface area contributed by atoms with E-state index in [1.807, 2.05) is 48.8 Å². The molecular formula is C28H33N7O3. The number of ether oxygens (including phenoxy) is 2. The van der Waals surface area contributed by atoms with Crippen LogP contribution in [-0.4, -0.2) is 98.0 Å². The van der Waals surface area contributed by atoms with Gasteiger partial charge in [0.2, 0.25) is 5.95 Å². The van der Waals surface area contributed by atoms with Crippen LogP contribution in [0.2, 0.25) is 0 Å². The van der Waals surface area contributed by atoms with Crippen molar-refractivity contribution < 1.29 is 14.3 Å². The summed E-state index contributed by atoms with van der Waals surface area (Å²) < 4.78 is 10.9. The highest BCUT2D eigenvalue weighted by atomic mass is 16.5. The Morgan fingerprint density at radius 3 is 2.32 bits per heavy atom. The lowest BCUT2D eigenvalue weighted by molar-refractivity contribution is 0.0383. The summed E-state index contributed by atoms with van der Waals surface area (Å²) in [6.45, 7) is 8.49. The average Bonchev–Trinajstić information content (AvgIpc) is 3.42. The highest BCUT2D eigenvalue weighted by Gasteiger charge is 2.29. The number of carbonyl (C=O) groups excluding carboxylic acids is 1. The van der Waals surface area contributed by atoms with Crippen molar-refractivity contribution in [3.8, 4) is 11.3 Å². The zero-order valence-corrected chi connectivity index (χ0v) is 21.5. The number of amides is 1. The van der Waals surface area contributed by atoms with Gasteiger partial charge in [-0.15, -0.1) is 0 Å². The lowest BCUT2D eigenvalue weighted by Crippen LogP contribution is -2.41. The molecule has 0 aliphatic carbocycles. The molecule has 0 atom stereocenters. The predicted octanol–water partition coefficient (Wildman–Crippen LogP) is 2.13. The molecular weight excluding hydrogens is 482 g/mol. The van der Waals surface area contributed by atoms with Gasteiger partial charge in [-0.05, 0) is 30.7 Å². The van der Waals surface area contributed by atoms with Gasteiger partial charge in [0.15, 0.2) is 0 Å². The number of aromatic nitrogens is 3. The van der Waals surface area contributed by atoms with Crippen LogP contribution in [-0.2, 0) is 15.9 Å². The number of pyridine rings is 1. The molecule has 1 aromatic carbocycles. The highest BCUT2D eigenvalue weighted by Crippen LogP contribution is 2.39. The van der Waals surface area contributed by atoms with Gasteiger partial charge in [0.25, 0.3) is 5.91 Å². The summed E-state index contributed by atoms with van der Waals surface area (Å²) in [6, 6.07) is 11.8. The molecule has 1 N–H and O–H groups in total. The van der Waals surface area contributed by atoms with Crippen LogP contribution in [0, 0.1) is 0 Å². The third-order valence-electron chi connectivity index (χ3n) is 7.32. The summed E-state index contributed by atoms with van der Waals surface area (Å²) in [7, 11) is 0. The first-order chi connectivity index (χ1) is 18.8. The lowest BCUT2D eigenvalue weighted by atomic mass is 10.0. The summed E-state index contributed by atoms with van der Waals surface area (Å²) in [6.07, 6.45) is 4.46. The standard InChI is InChI=1S/C28H33N7O3/c36-27(30-10-12-33-13-17-37-18-14-33)22-3-1-21(2-4-22)25-24-7-11-35(23-5-8-29-9-6-23)26(24)32-28(31-25)34-15-19-38-20-16-34/h1-6,8-9H,7,10-20H2,(H,30,36). The summed E-state index contributed by atoms with van der Waals surface area (Å²) in [5.41, 5.74) is 4.75. The van der Waals surface area contributed by atoms with Crippen LogP contribution in [0.15, 0.2) is 48.8 Å². The second kappa shape index (κ2) is 11.4. The van der Waals surface area contributed by atoms with Gasteiger partial charge < -0.3 is 24.6 Å². The minimum atomic E-state index is -0.0596. The number of benzene rings is 1. The van der Waals surface area contributed by atoms with Crippen LogP contribution in [0.3, 0.4) is 0 Å². The van der Waals surface area contributed by atoms with Crippen molar-refractivity contribution >= 4 is 23.4 Å². The summed E-state index contributed by atoms with van der Waals surface area (Å²) >= 11 is 0. The quantitative estimate of drug-likeness (QED) is 0.508. The van der Waals surface area contributed by atoms with Crippen LogP contribution in [0.5, 0.6) is 0 Å². The van der Waals surface area contributed by atoms with Gasteiger partial charge in [-0.1, -0.05) is 12.1 Å². The Labute approximate surface area is 222 Å². The molecule has 1 amide bonds. The second-order valence-corrected chi connectivity index (χ2v) is 9.67. The number of fused-ring (bicyclic) bond motifs is 1. The SMILES string of the molecule is O=C(NCCN1CCOCC1)c1ccc(-c2nc(N3CCOCC3)nc3c2CCN3c2ccncc2)cc1. The molecule has 38 heavy (non-hydrogen) atoms. The van der Waals surface area contributed by atoms with E-state index in [4.69, 9.17) is 19.4 Å². The third-order valence-corrected chi connectivity index (χ3v) is 7.32. The first-order valence-corrected chi connectivity index (χ1v) is 13.4. The Kier molecular flexibility index (Phi) is 7.43. The molecule has 3 aliphatic heterocycles. The van der Waals surface area contributed by atoms with Gasteiger partial charge in [-0.2, -0.15) is 4.98 Å². The summed E-state index contributed by atoms with van der Waals surface area (Å²) in [4.78, 5) is 33.8. The Bertz CT molecular complexity index is 1240. The molecule has 0 radical (unpaired) electrons. The largest absolute Gasteiger partial charge is 0.379 e. The van der Waals surface area contributed by atoms with E-state index in [1.165, 1.54) is 0 Å². The van der Waals surface area contributed by atoms with Crippen LogP contribution >= 0.6 is 0 Å². The second-order valence-electron chi connectivity index (χ2n) is 9.67. The highest BCUT2D eigenvalue weighted by molar-refractivity contribution is 5.94. The number of nitrogens with zero attached hydrogens (tertiary/aromatic N) is 6. The summed E-state index contributed by atoms with van der Waals surface area (Å²) in [5, 5.41) is 3.05. The number of nitrogens with one attached hydrogen (secondary N) is 1. The minimum absolute atomic E-state index is 0.0596. The predicted molar refractivity (Wildman–Crippen MR) is 145 cm³/mol. The molecule has 0 saturated carbocycles. The van der Waals surface area contributed by atoms with E-state index in [2.05, 4.69) is 25.0 Å². The summed E-state index contributed by atoms with van der Waals surface area (Å²) in [5.74, 6) is 1.59. The maximum atomic E-state index is 12.8. The van der Waals surface area contributed by atoms with E-state index in [-0.39, 0.29) is 5.91 Å². The molecule has 2 saturated heterocycles. The number of carbonyl (C=O) groups is 1. The molecule has 10 heteroatoms. The van der Waals surface area contributed by atoms with Gasteiger partial charge in [0.1, 0.15) is 5.82 Å². The fourth-order valence-corrected chi connectivity index (χ4v) is 5.20. The van der Waals surface area contributed by atoms with Gasteiger partial charge in [0, 0.05) is 80.6 Å². The zero-order chi connectivity index (χ0) is 25.7. The number of rotatable bonds is 7. The van der Waals surface area contributed by atoms with Gasteiger partial charge >= 0.3 is 0 Å². The molecule has 0 spiro atoms. The Morgan fingerprint density at radius 1 is 0.868 bits per heavy atom. The fraction of sp³-hybridized carbons (Fsp3) is 0.429. The van der Waals surface area contributed by atoms with Crippen molar-refractivity contribution in [2.75, 3.05) is 82.0 Å². The smallest absolute Gasteiger partial charge is 0.251 e. The molecule has 2 aromatic heterocycles. The van der Waals surface area contributed by atoms with Crippen LogP contribution in [0.1, 0.15) is 15.9 Å². The molecule has 2 fully saturated rings. The Hall–Kier alpha value is -3.60. The maximum Gasteiger partial charge on any atom is 0.251 e. The van der Waals surface area contributed by atoms with Gasteiger partial charge in [0.05, 0.1) is 32.1 Å². The van der Waals surface area contributed by atoms with Crippen molar-refractivity contribution in [2.45, 2.75) is 6.42 Å². The van der Waals surface area contributed by atoms with Crippen LogP contribution < -0.4 is 15.1 Å². The van der Waals surface area contributed by atoms with Crippen LogP contribution in [0.4, 0.5) is 17.5 Å². The molecule has 6 rings (SSSR count). The fourth-order valence-electron chi connectivity index (χ4n) is 5.20. The Balaban J connectivity index is 1.24. The molecule has 3 aliphatic rings. The van der Waals surface area contributed by atoms with E-state index in [0.29, 0.717) is 31.3 Å². The van der Waals surface area contributed by atoms with E-state index in [9.17, 15) is 4.79 Å². The molecule has 198 valence electrons. The van der Waals surface area contributed by atoms with E-state index in [0.717, 1.165) is 87.2 Å². The van der Waals surface area contributed by atoms with Crippen molar-refractivity contribution in [2.24, 2.45) is 0 Å². The maximum absolute atomic E-state index is 12.8. The van der Waals surface area contributed by atoms with Crippen molar-refractivity contribution in [3.63, 3.8) is 0 Å². The molecule has 10 nitrogen and oxygen atoms in total. The number of anilines is 3. The van der Waals surface area contributed by atoms with E-state index < -0.39 is 0 Å². The molecule has 0 bridgehead atoms. The first kappa shape index (κ1) is 24.7. The van der Waals surface area contributed by atoms with Crippen molar-refractivity contribution in [3.05, 3.63) is 59.9 Å². The number of morpholine rings is 2. The number of hydrogen-bond donors (Lipinski definition) is 1. The average molecular weight is 516 g/mol. The van der Waals surface area contributed by atoms with Gasteiger partial charge in [-0.3, -0.25) is 14.7 Å². The van der Waals surface area contributed by atoms with Crippen LogP contribution in [0.25, 0.3) is 11.3 Å². The Morgan fingerprint density at radius 2 is 1.58 bits per heavy atom. The molecule has 0 unspecified atom stereocenters.